The molecule has 1 N–H and O–H groups in total. The largest absolute Gasteiger partial charge is 0.383 e. The number of carbonyl (C=O) groups excluding carboxylic acids is 2. The minimum Gasteiger partial charge on any atom is -0.383 e. The summed E-state index contributed by atoms with van der Waals surface area (Å²) in [6.07, 6.45) is 5.44. The molecular formula is C22H30N2O3. The minimum absolute atomic E-state index is 0.0292. The van der Waals surface area contributed by atoms with E-state index in [1.165, 1.54) is 0 Å². The SMILES string of the molecule is O=C1CCN(C[C@H]2CN(C(=O)C3CCCC3)C[C@]2(O)c2ccccc2)CC1. The molecule has 1 aliphatic carbocycles. The van der Waals surface area contributed by atoms with Gasteiger partial charge in [-0.3, -0.25) is 9.59 Å². The monoisotopic (exact) mass is 370 g/mol. The fraction of sp³-hybridized carbons (Fsp3) is 0.636. The molecule has 1 aromatic carbocycles. The molecule has 5 nitrogen and oxygen atoms in total. The highest BCUT2D eigenvalue weighted by atomic mass is 16.3. The number of ketones is 1. The van der Waals surface area contributed by atoms with Crippen LogP contribution < -0.4 is 0 Å². The van der Waals surface area contributed by atoms with Gasteiger partial charge >= 0.3 is 0 Å². The Bertz CT molecular complexity index is 676. The van der Waals surface area contributed by atoms with Crippen molar-refractivity contribution in [3.63, 3.8) is 0 Å². The number of Topliss-reactive ketones (excluding diaryl/α,β-unsaturated/α-hetero) is 1. The molecule has 0 spiro atoms. The Morgan fingerprint density at radius 1 is 1.11 bits per heavy atom. The van der Waals surface area contributed by atoms with Crippen LogP contribution >= 0.6 is 0 Å². The van der Waals surface area contributed by atoms with Gasteiger partial charge in [0, 0.05) is 50.9 Å². The fourth-order valence-corrected chi connectivity index (χ4v) is 5.06. The van der Waals surface area contributed by atoms with Gasteiger partial charge in [-0.25, -0.2) is 0 Å². The summed E-state index contributed by atoms with van der Waals surface area (Å²) < 4.78 is 0. The quantitative estimate of drug-likeness (QED) is 0.883. The van der Waals surface area contributed by atoms with Crippen LogP contribution in [0.2, 0.25) is 0 Å². The molecule has 2 atom stereocenters. The molecule has 3 aliphatic rings. The second-order valence-electron chi connectivity index (χ2n) is 8.53. The Hall–Kier alpha value is -1.72. The number of rotatable bonds is 4. The Morgan fingerprint density at radius 3 is 2.44 bits per heavy atom. The summed E-state index contributed by atoms with van der Waals surface area (Å²) in [5, 5.41) is 11.7. The number of benzene rings is 1. The van der Waals surface area contributed by atoms with E-state index < -0.39 is 5.60 Å². The molecular weight excluding hydrogens is 340 g/mol. The summed E-state index contributed by atoms with van der Waals surface area (Å²) in [7, 11) is 0. The molecule has 5 heteroatoms. The summed E-state index contributed by atoms with van der Waals surface area (Å²) in [5.74, 6) is 0.655. The third-order valence-corrected chi connectivity index (χ3v) is 6.73. The lowest BCUT2D eigenvalue weighted by Gasteiger charge is -2.34. The van der Waals surface area contributed by atoms with Crippen molar-refractivity contribution in [2.75, 3.05) is 32.7 Å². The van der Waals surface area contributed by atoms with Gasteiger partial charge in [0.25, 0.3) is 0 Å². The van der Waals surface area contributed by atoms with E-state index in [2.05, 4.69) is 4.90 Å². The van der Waals surface area contributed by atoms with Gasteiger partial charge in [0.05, 0.1) is 6.54 Å². The maximum atomic E-state index is 13.0. The van der Waals surface area contributed by atoms with Crippen LogP contribution in [0.1, 0.15) is 44.1 Å². The second kappa shape index (κ2) is 7.72. The molecule has 0 radical (unpaired) electrons. The maximum absolute atomic E-state index is 13.0. The third-order valence-electron chi connectivity index (χ3n) is 6.73. The zero-order chi connectivity index (χ0) is 18.9. The lowest BCUT2D eigenvalue weighted by molar-refractivity contribution is -0.135. The molecule has 0 bridgehead atoms. The number of likely N-dealkylation sites (tertiary alicyclic amines) is 2. The van der Waals surface area contributed by atoms with E-state index in [4.69, 9.17) is 0 Å². The van der Waals surface area contributed by atoms with Gasteiger partial charge in [-0.1, -0.05) is 43.2 Å². The molecule has 1 aromatic rings. The highest BCUT2D eigenvalue weighted by molar-refractivity contribution is 5.80. The highest BCUT2D eigenvalue weighted by Crippen LogP contribution is 2.39. The molecule has 1 amide bonds. The van der Waals surface area contributed by atoms with Gasteiger partial charge in [0.15, 0.2) is 0 Å². The predicted molar refractivity (Wildman–Crippen MR) is 103 cm³/mol. The summed E-state index contributed by atoms with van der Waals surface area (Å²) in [6.45, 7) is 3.23. The van der Waals surface area contributed by atoms with Crippen molar-refractivity contribution in [2.24, 2.45) is 11.8 Å². The number of amides is 1. The lowest BCUT2D eigenvalue weighted by atomic mass is 9.83. The predicted octanol–water partition coefficient (Wildman–Crippen LogP) is 2.19. The van der Waals surface area contributed by atoms with E-state index in [-0.39, 0.29) is 17.7 Å². The maximum Gasteiger partial charge on any atom is 0.225 e. The molecule has 0 aromatic heterocycles. The van der Waals surface area contributed by atoms with E-state index >= 15 is 0 Å². The van der Waals surface area contributed by atoms with Gasteiger partial charge in [-0.2, -0.15) is 0 Å². The van der Waals surface area contributed by atoms with Crippen molar-refractivity contribution in [1.29, 1.82) is 0 Å². The summed E-state index contributed by atoms with van der Waals surface area (Å²) in [6, 6.07) is 9.79. The van der Waals surface area contributed by atoms with Crippen LogP contribution in [-0.2, 0) is 15.2 Å². The van der Waals surface area contributed by atoms with Gasteiger partial charge < -0.3 is 14.9 Å². The van der Waals surface area contributed by atoms with Crippen molar-refractivity contribution in [3.8, 4) is 0 Å². The molecule has 146 valence electrons. The summed E-state index contributed by atoms with van der Waals surface area (Å²) in [4.78, 5) is 28.7. The molecule has 2 aliphatic heterocycles. The van der Waals surface area contributed by atoms with Crippen LogP contribution in [0.3, 0.4) is 0 Å². The van der Waals surface area contributed by atoms with Crippen LogP contribution in [0, 0.1) is 11.8 Å². The van der Waals surface area contributed by atoms with Gasteiger partial charge in [-0.15, -0.1) is 0 Å². The normalized spacial score (nSPS) is 30.2. The van der Waals surface area contributed by atoms with Crippen LogP contribution in [-0.4, -0.2) is 59.3 Å². The average Bonchev–Trinajstić information content (AvgIpc) is 3.33. The molecule has 3 fully saturated rings. The Morgan fingerprint density at radius 2 is 1.78 bits per heavy atom. The van der Waals surface area contributed by atoms with Crippen molar-refractivity contribution in [3.05, 3.63) is 35.9 Å². The number of carbonyl (C=O) groups is 2. The van der Waals surface area contributed by atoms with Gasteiger partial charge in [-0.05, 0) is 18.4 Å². The van der Waals surface area contributed by atoms with Gasteiger partial charge in [0.1, 0.15) is 11.4 Å². The van der Waals surface area contributed by atoms with Crippen molar-refractivity contribution < 1.29 is 14.7 Å². The zero-order valence-electron chi connectivity index (χ0n) is 16.0. The smallest absolute Gasteiger partial charge is 0.225 e. The lowest BCUT2D eigenvalue weighted by Crippen LogP contribution is -2.44. The van der Waals surface area contributed by atoms with E-state index in [9.17, 15) is 14.7 Å². The van der Waals surface area contributed by atoms with Crippen LogP contribution in [0.25, 0.3) is 0 Å². The molecule has 2 saturated heterocycles. The first kappa shape index (κ1) is 18.6. The first-order valence-electron chi connectivity index (χ1n) is 10.4. The molecule has 2 heterocycles. The summed E-state index contributed by atoms with van der Waals surface area (Å²) in [5.41, 5.74) is -0.124. The highest BCUT2D eigenvalue weighted by Gasteiger charge is 2.49. The standard InChI is InChI=1S/C22H30N2O3/c25-20-10-12-23(13-11-20)14-19-15-24(21(26)17-6-4-5-7-17)16-22(19,27)18-8-2-1-3-9-18/h1-3,8-9,17,19,27H,4-7,10-16H2/t19-,22-/m0/s1. The van der Waals surface area contributed by atoms with Crippen molar-refractivity contribution >= 4 is 11.7 Å². The zero-order valence-corrected chi connectivity index (χ0v) is 16.0. The number of nitrogens with zero attached hydrogens (tertiary/aromatic N) is 2. The minimum atomic E-state index is -1.02. The Labute approximate surface area is 161 Å². The topological polar surface area (TPSA) is 60.9 Å². The Kier molecular flexibility index (Phi) is 5.33. The van der Waals surface area contributed by atoms with Crippen molar-refractivity contribution in [2.45, 2.75) is 44.1 Å². The van der Waals surface area contributed by atoms with E-state index in [1.54, 1.807) is 0 Å². The van der Waals surface area contributed by atoms with E-state index in [1.807, 2.05) is 35.2 Å². The fourth-order valence-electron chi connectivity index (χ4n) is 5.06. The average molecular weight is 370 g/mol. The molecule has 27 heavy (non-hydrogen) atoms. The Balaban J connectivity index is 1.53. The molecule has 4 rings (SSSR count). The number of piperidine rings is 1. The molecule has 1 saturated carbocycles. The number of β-amino-alcohol motifs (C(OH)–C–C–N with tert-alkyl or cyclic N) is 1. The van der Waals surface area contributed by atoms with Crippen LogP contribution in [0.4, 0.5) is 0 Å². The van der Waals surface area contributed by atoms with Gasteiger partial charge in [0.2, 0.25) is 5.91 Å². The van der Waals surface area contributed by atoms with Crippen LogP contribution in [0.5, 0.6) is 0 Å². The summed E-state index contributed by atoms with van der Waals surface area (Å²) >= 11 is 0. The number of hydrogen-bond donors (Lipinski definition) is 1. The third kappa shape index (κ3) is 3.81. The number of aliphatic hydroxyl groups is 1. The van der Waals surface area contributed by atoms with Crippen LogP contribution in [0.15, 0.2) is 30.3 Å². The van der Waals surface area contributed by atoms with E-state index in [0.717, 1.165) is 50.9 Å². The van der Waals surface area contributed by atoms with E-state index in [0.29, 0.717) is 31.7 Å². The first-order chi connectivity index (χ1) is 13.1. The van der Waals surface area contributed by atoms with Crippen molar-refractivity contribution in [1.82, 2.24) is 9.80 Å². The molecule has 0 unspecified atom stereocenters. The first-order valence-corrected chi connectivity index (χ1v) is 10.4. The second-order valence-corrected chi connectivity index (χ2v) is 8.53. The number of hydrogen-bond acceptors (Lipinski definition) is 4.